The number of aromatic nitrogens is 2. The number of hydrogen-bond donors (Lipinski definition) is 1. The number of carbonyl (C=O) groups is 1. The van der Waals surface area contributed by atoms with Crippen molar-refractivity contribution in [2.24, 2.45) is 0 Å². The summed E-state index contributed by atoms with van der Waals surface area (Å²) in [5, 5.41) is 14.1. The molecule has 0 atom stereocenters. The molecule has 0 spiro atoms. The molecule has 3 rings (SSSR count). The summed E-state index contributed by atoms with van der Waals surface area (Å²) in [5.74, 6) is -0.787. The Hall–Kier alpha value is -2.10. The van der Waals surface area contributed by atoms with Gasteiger partial charge in [0.05, 0.1) is 28.4 Å². The molecule has 2 aromatic rings. The normalized spacial score (nSPS) is 15.1. The molecule has 1 N–H and O–H groups in total. The van der Waals surface area contributed by atoms with Gasteiger partial charge in [0.25, 0.3) is 0 Å². The van der Waals surface area contributed by atoms with Crippen LogP contribution in [0.1, 0.15) is 29.3 Å². The van der Waals surface area contributed by atoms with E-state index in [1.165, 1.54) is 23.0 Å². The fourth-order valence-corrected chi connectivity index (χ4v) is 4.33. The van der Waals surface area contributed by atoms with E-state index >= 15 is 0 Å². The first-order valence-corrected chi connectivity index (χ1v) is 10.7. The zero-order valence-electron chi connectivity index (χ0n) is 15.0. The van der Waals surface area contributed by atoms with Gasteiger partial charge in [-0.15, -0.1) is 0 Å². The Morgan fingerprint density at radius 1 is 1.37 bits per heavy atom. The third-order valence-corrected chi connectivity index (χ3v) is 5.87. The molecular weight excluding hydrogens is 394 g/mol. The van der Waals surface area contributed by atoms with Crippen LogP contribution < -0.4 is 4.90 Å². The van der Waals surface area contributed by atoms with E-state index in [0.717, 1.165) is 6.26 Å². The number of carbonyl (C=O) groups excluding carboxylic acids is 1. The van der Waals surface area contributed by atoms with Crippen molar-refractivity contribution in [3.8, 4) is 5.88 Å². The van der Waals surface area contributed by atoms with Crippen LogP contribution in [-0.4, -0.2) is 55.2 Å². The Labute approximate surface area is 162 Å². The largest absolute Gasteiger partial charge is 0.493 e. The molecule has 1 saturated heterocycles. The molecule has 8 nitrogen and oxygen atoms in total. The van der Waals surface area contributed by atoms with Gasteiger partial charge in [-0.25, -0.2) is 13.1 Å². The van der Waals surface area contributed by atoms with Crippen molar-refractivity contribution >= 4 is 32.9 Å². The minimum atomic E-state index is -3.58. The van der Waals surface area contributed by atoms with Crippen LogP contribution in [-0.2, 0) is 21.1 Å². The van der Waals surface area contributed by atoms with E-state index in [2.05, 4.69) is 5.10 Å². The number of ether oxygens (including phenoxy) is 1. The lowest BCUT2D eigenvalue weighted by Crippen LogP contribution is -2.34. The van der Waals surface area contributed by atoms with Crippen LogP contribution in [0.15, 0.2) is 23.2 Å². The van der Waals surface area contributed by atoms with Crippen LogP contribution in [0, 0.1) is 0 Å². The molecule has 0 amide bonds. The molecule has 0 bridgehead atoms. The van der Waals surface area contributed by atoms with Gasteiger partial charge in [0.15, 0.2) is 9.84 Å². The number of anilines is 1. The van der Waals surface area contributed by atoms with Crippen molar-refractivity contribution in [1.29, 1.82) is 0 Å². The Balaban J connectivity index is 2.14. The first-order chi connectivity index (χ1) is 12.8. The summed E-state index contributed by atoms with van der Waals surface area (Å²) in [5.41, 5.74) is 0.342. The summed E-state index contributed by atoms with van der Waals surface area (Å²) >= 11 is 6.50. The Kier molecular flexibility index (Phi) is 5.45. The molecule has 1 aromatic carbocycles. The molecule has 0 radical (unpaired) electrons. The summed E-state index contributed by atoms with van der Waals surface area (Å²) in [6.45, 7) is 3.49. The van der Waals surface area contributed by atoms with Gasteiger partial charge < -0.3 is 14.7 Å². The van der Waals surface area contributed by atoms with E-state index in [9.17, 15) is 18.3 Å². The minimum absolute atomic E-state index is 0.00620. The number of rotatable bonds is 5. The predicted molar refractivity (Wildman–Crippen MR) is 100 cm³/mol. The molecule has 1 aliphatic rings. The maximum Gasteiger partial charge on any atom is 0.220 e. The van der Waals surface area contributed by atoms with E-state index in [1.807, 2.05) is 0 Å². The number of benzene rings is 1. The second-order valence-electron chi connectivity index (χ2n) is 6.23. The Morgan fingerprint density at radius 3 is 2.67 bits per heavy atom. The molecule has 0 saturated carbocycles. The maximum atomic E-state index is 12.9. The predicted octanol–water partition coefficient (Wildman–Crippen LogP) is 2.08. The van der Waals surface area contributed by atoms with Gasteiger partial charge in [0, 0.05) is 24.9 Å². The quantitative estimate of drug-likeness (QED) is 0.748. The standard InChI is InChI=1S/C17H20ClN3O5S/c1-3-21-17(23)12(9-19-21)16(22)11-5-6-13(27(2,24)25)15(14(11)18)20-7-4-8-26-10-20/h5-6,9,23H,3-4,7-8,10H2,1-2H3. The van der Waals surface area contributed by atoms with E-state index in [0.29, 0.717) is 26.1 Å². The van der Waals surface area contributed by atoms with Gasteiger partial charge in [0.1, 0.15) is 12.3 Å². The molecule has 10 heteroatoms. The van der Waals surface area contributed by atoms with Crippen molar-refractivity contribution in [2.75, 3.05) is 31.0 Å². The zero-order valence-corrected chi connectivity index (χ0v) is 16.5. The number of halogens is 1. The summed E-state index contributed by atoms with van der Waals surface area (Å²) in [4.78, 5) is 14.6. The number of nitrogens with zero attached hydrogens (tertiary/aromatic N) is 3. The van der Waals surface area contributed by atoms with Crippen LogP contribution >= 0.6 is 11.6 Å². The van der Waals surface area contributed by atoms with Crippen LogP contribution in [0.2, 0.25) is 5.02 Å². The third kappa shape index (κ3) is 3.67. The number of sulfone groups is 1. The summed E-state index contributed by atoms with van der Waals surface area (Å²) < 4.78 is 31.2. The van der Waals surface area contributed by atoms with Crippen molar-refractivity contribution < 1.29 is 23.1 Å². The minimum Gasteiger partial charge on any atom is -0.493 e. The topological polar surface area (TPSA) is 102 Å². The highest BCUT2D eigenvalue weighted by molar-refractivity contribution is 7.90. The van der Waals surface area contributed by atoms with Gasteiger partial charge in [-0.3, -0.25) is 4.79 Å². The first kappa shape index (κ1) is 19.7. The molecule has 146 valence electrons. The highest BCUT2D eigenvalue weighted by atomic mass is 35.5. The summed E-state index contributed by atoms with van der Waals surface area (Å²) in [6.07, 6.45) is 3.07. The van der Waals surface area contributed by atoms with Gasteiger partial charge in [-0.1, -0.05) is 11.6 Å². The first-order valence-electron chi connectivity index (χ1n) is 8.40. The van der Waals surface area contributed by atoms with Gasteiger partial charge in [-0.05, 0) is 25.5 Å². The SMILES string of the molecule is CCn1ncc(C(=O)c2ccc(S(C)(=O)=O)c(N3CCCOC3)c2Cl)c1O. The van der Waals surface area contributed by atoms with E-state index < -0.39 is 15.6 Å². The van der Waals surface area contributed by atoms with Gasteiger partial charge in [-0.2, -0.15) is 5.10 Å². The number of hydrogen-bond acceptors (Lipinski definition) is 7. The zero-order chi connectivity index (χ0) is 19.8. The molecule has 0 aliphatic carbocycles. The van der Waals surface area contributed by atoms with Crippen molar-refractivity contribution in [1.82, 2.24) is 9.78 Å². The van der Waals surface area contributed by atoms with Crippen LogP contribution in [0.5, 0.6) is 5.88 Å². The molecule has 0 unspecified atom stereocenters. The second-order valence-corrected chi connectivity index (χ2v) is 8.59. The van der Waals surface area contributed by atoms with E-state index in [4.69, 9.17) is 16.3 Å². The molecule has 2 heterocycles. The van der Waals surface area contributed by atoms with Crippen LogP contribution in [0.25, 0.3) is 0 Å². The lowest BCUT2D eigenvalue weighted by molar-refractivity contribution is 0.103. The lowest BCUT2D eigenvalue weighted by Gasteiger charge is -2.31. The average Bonchev–Trinajstić information content (AvgIpc) is 3.01. The fraction of sp³-hybridized carbons (Fsp3) is 0.412. The molecule has 1 aromatic heterocycles. The van der Waals surface area contributed by atoms with E-state index in [1.54, 1.807) is 11.8 Å². The van der Waals surface area contributed by atoms with E-state index in [-0.39, 0.29) is 39.3 Å². The number of aromatic hydroxyl groups is 1. The Bertz CT molecular complexity index is 981. The fourth-order valence-electron chi connectivity index (χ4n) is 3.00. The second kappa shape index (κ2) is 7.49. The average molecular weight is 414 g/mol. The monoisotopic (exact) mass is 413 g/mol. The maximum absolute atomic E-state index is 12.9. The summed E-state index contributed by atoms with van der Waals surface area (Å²) in [7, 11) is -3.58. The van der Waals surface area contributed by atoms with Gasteiger partial charge >= 0.3 is 0 Å². The van der Waals surface area contributed by atoms with Crippen molar-refractivity contribution in [2.45, 2.75) is 24.8 Å². The lowest BCUT2D eigenvalue weighted by atomic mass is 10.0. The number of ketones is 1. The summed E-state index contributed by atoms with van der Waals surface area (Å²) in [6, 6.07) is 2.72. The third-order valence-electron chi connectivity index (χ3n) is 4.36. The molecule has 1 fully saturated rings. The number of aryl methyl sites for hydroxylation is 1. The Morgan fingerprint density at radius 2 is 2.11 bits per heavy atom. The van der Waals surface area contributed by atoms with Gasteiger partial charge in [0.2, 0.25) is 11.7 Å². The molecule has 1 aliphatic heterocycles. The van der Waals surface area contributed by atoms with Crippen LogP contribution in [0.4, 0.5) is 5.69 Å². The highest BCUT2D eigenvalue weighted by Gasteiger charge is 2.28. The smallest absolute Gasteiger partial charge is 0.220 e. The molecular formula is C17H20ClN3O5S. The van der Waals surface area contributed by atoms with Crippen molar-refractivity contribution in [3.63, 3.8) is 0 Å². The van der Waals surface area contributed by atoms with Crippen molar-refractivity contribution in [3.05, 3.63) is 34.5 Å². The van der Waals surface area contributed by atoms with Crippen LogP contribution in [0.3, 0.4) is 0 Å². The highest BCUT2D eigenvalue weighted by Crippen LogP contribution is 2.38. The molecule has 27 heavy (non-hydrogen) atoms.